The lowest BCUT2D eigenvalue weighted by molar-refractivity contribution is 0.101. The molecule has 1 aliphatic rings. The van der Waals surface area contributed by atoms with E-state index >= 15 is 0 Å². The number of amides is 3. The number of piperidine rings is 1. The van der Waals surface area contributed by atoms with Gasteiger partial charge in [-0.15, -0.1) is 0 Å². The van der Waals surface area contributed by atoms with Crippen LogP contribution in [0.15, 0.2) is 166 Å². The third-order valence-corrected chi connectivity index (χ3v) is 19.5. The van der Waals surface area contributed by atoms with Crippen molar-refractivity contribution in [2.45, 2.75) is 133 Å². The molecule has 0 aliphatic carbocycles. The number of anilines is 3. The molecule has 106 heavy (non-hydrogen) atoms. The molecule has 1 fully saturated rings. The largest absolute Gasteiger partial charge is 0.508 e. The SMILES string of the molecule is CCN(C)CCCOc1ccc2cc(NC(=O)c3ccc(OC/C(C)=C/Cc4cc(C(=O)Nc5cc6ccc(OC7CCN(C)CC7)c(C)c6oc5=O)ccc4O)c(C/C=C(\C)Cc4cc(C(=O)Nc5cc6ccc(OCCCN(C)C(C)C)c(C)c6oc5=O)cc(CC=C(C)C)c4O)c3)c(=O)oc2c1C. The van der Waals surface area contributed by atoms with E-state index in [4.69, 9.17) is 32.2 Å². The third kappa shape index (κ3) is 19.8. The fraction of sp³-hybridized carbons (Fsp3) is 0.365. The maximum Gasteiger partial charge on any atom is 0.360 e. The molecule has 0 saturated carbocycles. The summed E-state index contributed by atoms with van der Waals surface area (Å²) in [5.41, 5.74) is 5.80. The summed E-state index contributed by atoms with van der Waals surface area (Å²) in [6, 6.07) is 28.6. The van der Waals surface area contributed by atoms with Crippen LogP contribution < -0.4 is 51.8 Å². The standard InChI is InChI=1S/C85H98N6O15/c1-14-89(11)35-15-39-100-72-29-24-60-46-68(83(97)104-77(60)54(72)8)87-81(95)64-27-32-75(102-49-53(7)19-21-57-42-63(23-28-71(57)92)80(94)86-69-48-62-26-31-74(56(10)79(62)106-84(69)98)103-67-33-37-90(12)38-34-67)58(43-64)22-18-52(6)41-65-45-66(44-59(76(65)93)20-17-50(2)3)82(96)88-70-47-61-25-30-73(55(9)78(61)105-85(70)99)101-40-16-36-91(13)51(4)5/h17-19,23-32,42-48,51,67,92-93H,14-16,20-22,33-41,49H2,1-13H3,(H,86,94)(H,87,95)(H,88,96)/b52-18+,53-19+. The van der Waals surface area contributed by atoms with E-state index in [2.05, 4.69) is 65.5 Å². The first-order valence-electron chi connectivity index (χ1n) is 36.2. The Balaban J connectivity index is 0.870. The average Bonchev–Trinajstić information content (AvgIpc) is 0.796. The number of rotatable bonds is 31. The van der Waals surface area contributed by atoms with E-state index in [1.807, 2.05) is 91.9 Å². The van der Waals surface area contributed by atoms with Crippen LogP contribution >= 0.6 is 0 Å². The third-order valence-electron chi connectivity index (χ3n) is 19.5. The maximum atomic E-state index is 14.3. The van der Waals surface area contributed by atoms with Crippen LogP contribution in [0.25, 0.3) is 32.9 Å². The molecule has 1 saturated heterocycles. The van der Waals surface area contributed by atoms with Crippen LogP contribution in [-0.2, 0) is 25.7 Å². The first kappa shape index (κ1) is 77.9. The van der Waals surface area contributed by atoms with Crippen molar-refractivity contribution in [2.24, 2.45) is 0 Å². The van der Waals surface area contributed by atoms with Crippen LogP contribution in [0.2, 0.25) is 0 Å². The summed E-state index contributed by atoms with van der Waals surface area (Å²) in [5.74, 6) is 0.455. The molecule has 0 bridgehead atoms. The number of nitrogens with one attached hydrogen (secondary N) is 3. The lowest BCUT2D eigenvalue weighted by Gasteiger charge is -2.29. The molecule has 1 aliphatic heterocycles. The number of phenolic OH excluding ortho intramolecular Hbond substituents is 2. The van der Waals surface area contributed by atoms with Gasteiger partial charge in [-0.1, -0.05) is 36.3 Å². The molecule has 0 radical (unpaired) electrons. The van der Waals surface area contributed by atoms with Crippen molar-refractivity contribution in [3.8, 4) is 34.5 Å². The van der Waals surface area contributed by atoms with E-state index in [1.165, 1.54) is 12.1 Å². The normalized spacial score (nSPS) is 13.1. The van der Waals surface area contributed by atoms with Crippen molar-refractivity contribution in [2.75, 3.05) is 89.6 Å². The molecular formula is C85H98N6O15. The number of nitrogens with zero attached hydrogens (tertiary/aromatic N) is 3. The molecular weight excluding hydrogens is 1340 g/mol. The van der Waals surface area contributed by atoms with Gasteiger partial charge in [0.05, 0.1) is 13.2 Å². The van der Waals surface area contributed by atoms with Crippen LogP contribution in [0.1, 0.15) is 144 Å². The number of likely N-dealkylation sites (tertiary alicyclic amines) is 1. The van der Waals surface area contributed by atoms with Gasteiger partial charge >= 0.3 is 16.9 Å². The Morgan fingerprint density at radius 1 is 0.557 bits per heavy atom. The molecule has 0 spiro atoms. The summed E-state index contributed by atoms with van der Waals surface area (Å²) >= 11 is 0. The van der Waals surface area contributed by atoms with Crippen LogP contribution in [0, 0.1) is 20.8 Å². The highest BCUT2D eigenvalue weighted by Crippen LogP contribution is 2.35. The molecule has 9 aromatic rings. The van der Waals surface area contributed by atoms with Gasteiger partial charge in [-0.05, 0) is 272 Å². The second-order valence-corrected chi connectivity index (χ2v) is 28.3. The molecule has 0 atom stereocenters. The Bertz CT molecular complexity index is 5030. The van der Waals surface area contributed by atoms with E-state index in [0.29, 0.717) is 121 Å². The molecule has 10 rings (SSSR count). The minimum atomic E-state index is -0.747. The molecule has 21 nitrogen and oxygen atoms in total. The van der Waals surface area contributed by atoms with Gasteiger partial charge in [0.1, 0.15) is 81.0 Å². The second kappa shape index (κ2) is 35.4. The van der Waals surface area contributed by atoms with E-state index in [0.717, 1.165) is 75.1 Å². The zero-order valence-corrected chi connectivity index (χ0v) is 63.1. The van der Waals surface area contributed by atoms with Crippen LogP contribution in [0.3, 0.4) is 0 Å². The van der Waals surface area contributed by atoms with Crippen LogP contribution in [0.4, 0.5) is 17.1 Å². The summed E-state index contributed by atoms with van der Waals surface area (Å²) in [6.07, 6.45) is 10.1. The predicted octanol–water partition coefficient (Wildman–Crippen LogP) is 15.2. The molecule has 5 N–H and O–H groups in total. The highest BCUT2D eigenvalue weighted by Gasteiger charge is 2.24. The van der Waals surface area contributed by atoms with Crippen molar-refractivity contribution >= 4 is 67.7 Å². The number of allylic oxidation sites excluding steroid dienone is 5. The van der Waals surface area contributed by atoms with E-state index < -0.39 is 34.6 Å². The number of carbonyl (C=O) groups excluding carboxylic acids is 3. The molecule has 6 aromatic carbocycles. The Hall–Kier alpha value is -10.7. The van der Waals surface area contributed by atoms with Crippen LogP contribution in [0.5, 0.6) is 34.5 Å². The lowest BCUT2D eigenvalue weighted by atomic mass is 9.95. The molecule has 4 heterocycles. The van der Waals surface area contributed by atoms with E-state index in [1.54, 1.807) is 72.8 Å². The first-order valence-corrected chi connectivity index (χ1v) is 36.2. The van der Waals surface area contributed by atoms with Crippen molar-refractivity contribution in [3.63, 3.8) is 0 Å². The zero-order valence-electron chi connectivity index (χ0n) is 63.1. The quantitative estimate of drug-likeness (QED) is 0.0154. The number of benzene rings is 6. The second-order valence-electron chi connectivity index (χ2n) is 28.3. The molecule has 3 amide bonds. The number of fused-ring (bicyclic) bond motifs is 3. The number of phenols is 2. The van der Waals surface area contributed by atoms with Crippen LogP contribution in [-0.4, -0.2) is 128 Å². The number of hydrogen-bond donors (Lipinski definition) is 5. The molecule has 21 heteroatoms. The lowest BCUT2D eigenvalue weighted by Crippen LogP contribution is -2.35. The minimum absolute atomic E-state index is 0.00202. The monoisotopic (exact) mass is 1440 g/mol. The maximum absolute atomic E-state index is 14.3. The Labute approximate surface area is 618 Å². The van der Waals surface area contributed by atoms with Crippen molar-refractivity contribution in [1.82, 2.24) is 14.7 Å². The topological polar surface area (TPSA) is 265 Å². The van der Waals surface area contributed by atoms with Gasteiger partial charge in [0.2, 0.25) is 0 Å². The van der Waals surface area contributed by atoms with Gasteiger partial charge in [-0.2, -0.15) is 0 Å². The highest BCUT2D eigenvalue weighted by molar-refractivity contribution is 6.07. The fourth-order valence-corrected chi connectivity index (χ4v) is 12.5. The smallest absolute Gasteiger partial charge is 0.360 e. The molecule has 3 aromatic heterocycles. The first-order chi connectivity index (χ1) is 50.7. The van der Waals surface area contributed by atoms with E-state index in [9.17, 15) is 39.0 Å². The Kier molecular flexibility index (Phi) is 26.0. The van der Waals surface area contributed by atoms with Gasteiger partial charge in [0, 0.05) is 81.8 Å². The number of aryl methyl sites for hydroxylation is 3. The summed E-state index contributed by atoms with van der Waals surface area (Å²) in [5, 5.41) is 33.0. The van der Waals surface area contributed by atoms with Gasteiger partial charge in [0.25, 0.3) is 17.7 Å². The predicted molar refractivity (Wildman–Crippen MR) is 418 cm³/mol. The van der Waals surface area contributed by atoms with Gasteiger partial charge < -0.3 is 73.1 Å². The summed E-state index contributed by atoms with van der Waals surface area (Å²) < 4.78 is 42.5. The number of hydrogen-bond acceptors (Lipinski definition) is 18. The summed E-state index contributed by atoms with van der Waals surface area (Å²) in [6.45, 7) is 25.0. The highest BCUT2D eigenvalue weighted by atomic mass is 16.5. The minimum Gasteiger partial charge on any atom is -0.508 e. The summed E-state index contributed by atoms with van der Waals surface area (Å²) in [4.78, 5) is 89.7. The number of aromatic hydroxyl groups is 2. The summed E-state index contributed by atoms with van der Waals surface area (Å²) in [7, 11) is 6.20. The Morgan fingerprint density at radius 2 is 1.01 bits per heavy atom. The van der Waals surface area contributed by atoms with E-state index in [-0.39, 0.29) is 77.2 Å². The number of ether oxygens (including phenoxy) is 4. The van der Waals surface area contributed by atoms with Crippen molar-refractivity contribution in [1.29, 1.82) is 0 Å². The number of carbonyl (C=O) groups is 3. The molecule has 558 valence electrons. The average molecular weight is 1440 g/mol. The fourth-order valence-electron chi connectivity index (χ4n) is 12.5. The van der Waals surface area contributed by atoms with Gasteiger partial charge in [0.15, 0.2) is 0 Å². The molecule has 0 unspecified atom stereocenters. The Morgan fingerprint density at radius 3 is 1.55 bits per heavy atom. The van der Waals surface area contributed by atoms with Gasteiger partial charge in [-0.25, -0.2) is 14.4 Å². The van der Waals surface area contributed by atoms with Crippen molar-refractivity contribution in [3.05, 3.63) is 225 Å². The van der Waals surface area contributed by atoms with Crippen molar-refractivity contribution < 1.29 is 56.8 Å². The van der Waals surface area contributed by atoms with Gasteiger partial charge in [-0.3, -0.25) is 14.4 Å². The zero-order chi connectivity index (χ0) is 76.0.